The molecule has 0 saturated carbocycles. The third-order valence-corrected chi connectivity index (χ3v) is 4.30. The molecule has 0 amide bonds. The van der Waals surface area contributed by atoms with Crippen LogP contribution in [0.3, 0.4) is 0 Å². The van der Waals surface area contributed by atoms with Crippen LogP contribution in [0.1, 0.15) is 37.9 Å². The highest BCUT2D eigenvalue weighted by atomic mass is 127. The Balaban J connectivity index is 0.00000364. The summed E-state index contributed by atoms with van der Waals surface area (Å²) >= 11 is 0. The van der Waals surface area contributed by atoms with E-state index in [2.05, 4.69) is 34.7 Å². The van der Waals surface area contributed by atoms with Crippen LogP contribution in [0.15, 0.2) is 35.3 Å². The summed E-state index contributed by atoms with van der Waals surface area (Å²) in [5.41, 5.74) is 1.14. The molecule has 6 nitrogen and oxygen atoms in total. The van der Waals surface area contributed by atoms with Gasteiger partial charge in [-0.2, -0.15) is 0 Å². The average molecular weight is 491 g/mol. The minimum Gasteiger partial charge on any atom is -0.379 e. The van der Waals surface area contributed by atoms with Crippen molar-refractivity contribution in [3.8, 4) is 0 Å². The fraction of sp³-hybridized carbons (Fsp3) is 0.650. The zero-order valence-corrected chi connectivity index (χ0v) is 18.8. The van der Waals surface area contributed by atoms with E-state index in [1.54, 1.807) is 7.11 Å². The molecule has 2 unspecified atom stereocenters. The molecule has 1 aromatic carbocycles. The number of ether oxygens (including phenoxy) is 3. The summed E-state index contributed by atoms with van der Waals surface area (Å²) in [6.45, 7) is 6.60. The van der Waals surface area contributed by atoms with Gasteiger partial charge in [0.2, 0.25) is 0 Å². The lowest BCUT2D eigenvalue weighted by Gasteiger charge is -2.16. The summed E-state index contributed by atoms with van der Waals surface area (Å²) in [7, 11) is 1.72. The Labute approximate surface area is 180 Å². The van der Waals surface area contributed by atoms with Crippen molar-refractivity contribution < 1.29 is 14.2 Å². The maximum absolute atomic E-state index is 5.69. The van der Waals surface area contributed by atoms with Crippen molar-refractivity contribution in [3.63, 3.8) is 0 Å². The summed E-state index contributed by atoms with van der Waals surface area (Å²) in [5.74, 6) is 0.810. The van der Waals surface area contributed by atoms with Crippen molar-refractivity contribution in [3.05, 3.63) is 35.9 Å². The Morgan fingerprint density at radius 1 is 1.30 bits per heavy atom. The van der Waals surface area contributed by atoms with E-state index in [-0.39, 0.29) is 30.1 Å². The van der Waals surface area contributed by atoms with Crippen molar-refractivity contribution in [1.29, 1.82) is 0 Å². The van der Waals surface area contributed by atoms with E-state index in [0.29, 0.717) is 19.3 Å². The number of guanidine groups is 1. The maximum Gasteiger partial charge on any atom is 0.191 e. The first-order chi connectivity index (χ1) is 12.8. The predicted molar refractivity (Wildman–Crippen MR) is 120 cm³/mol. The molecule has 2 N–H and O–H groups in total. The van der Waals surface area contributed by atoms with Gasteiger partial charge in [-0.15, -0.1) is 24.0 Å². The average Bonchev–Trinajstić information content (AvgIpc) is 3.19. The predicted octanol–water partition coefficient (Wildman–Crippen LogP) is 3.13. The summed E-state index contributed by atoms with van der Waals surface area (Å²) < 4.78 is 16.8. The molecule has 1 heterocycles. The van der Waals surface area contributed by atoms with Gasteiger partial charge in [0.15, 0.2) is 5.96 Å². The highest BCUT2D eigenvalue weighted by molar-refractivity contribution is 14.0. The van der Waals surface area contributed by atoms with Crippen molar-refractivity contribution in [2.75, 3.05) is 46.6 Å². The molecule has 0 spiro atoms. The van der Waals surface area contributed by atoms with Gasteiger partial charge in [0, 0.05) is 33.4 Å². The van der Waals surface area contributed by atoms with Crippen LogP contribution in [0.5, 0.6) is 0 Å². The summed E-state index contributed by atoms with van der Waals surface area (Å²) in [4.78, 5) is 4.65. The van der Waals surface area contributed by atoms with Crippen LogP contribution >= 0.6 is 24.0 Å². The molecule has 0 bridgehead atoms. The summed E-state index contributed by atoms with van der Waals surface area (Å²) in [6, 6.07) is 10.2. The van der Waals surface area contributed by atoms with Crippen LogP contribution in [-0.4, -0.2) is 58.6 Å². The lowest BCUT2D eigenvalue weighted by atomic mass is 10.1. The molecular formula is C20H34IN3O3. The lowest BCUT2D eigenvalue weighted by Crippen LogP contribution is -2.38. The molecule has 0 aliphatic carbocycles. The molecule has 1 aromatic rings. The molecule has 2 atom stereocenters. The normalized spacial score (nSPS) is 18.0. The fourth-order valence-electron chi connectivity index (χ4n) is 2.87. The quantitative estimate of drug-likeness (QED) is 0.216. The topological polar surface area (TPSA) is 64.1 Å². The molecule has 27 heavy (non-hydrogen) atoms. The Morgan fingerprint density at radius 3 is 2.78 bits per heavy atom. The van der Waals surface area contributed by atoms with Crippen LogP contribution in [0.25, 0.3) is 0 Å². The van der Waals surface area contributed by atoms with Gasteiger partial charge >= 0.3 is 0 Å². The Hall–Kier alpha value is -0.900. The van der Waals surface area contributed by atoms with E-state index in [9.17, 15) is 0 Å². The molecule has 1 aliphatic rings. The third-order valence-electron chi connectivity index (χ3n) is 4.30. The van der Waals surface area contributed by atoms with Gasteiger partial charge < -0.3 is 24.8 Å². The van der Waals surface area contributed by atoms with E-state index in [1.807, 2.05) is 18.2 Å². The Morgan fingerprint density at radius 2 is 2.11 bits per heavy atom. The first-order valence-electron chi connectivity index (χ1n) is 9.62. The van der Waals surface area contributed by atoms with Crippen molar-refractivity contribution in [2.24, 2.45) is 4.99 Å². The monoisotopic (exact) mass is 491 g/mol. The van der Waals surface area contributed by atoms with Gasteiger partial charge in [-0.1, -0.05) is 30.3 Å². The highest BCUT2D eigenvalue weighted by Gasteiger charge is 2.15. The number of rotatable bonds is 11. The SMILES string of the molecule is CCNC(=NCC(OC)c1ccccc1)NCCCOCC1CCCO1.I. The Bertz CT molecular complexity index is 510. The number of hydrogen-bond acceptors (Lipinski definition) is 4. The number of nitrogens with one attached hydrogen (secondary N) is 2. The molecule has 0 radical (unpaired) electrons. The van der Waals surface area contributed by atoms with E-state index < -0.39 is 0 Å². The molecule has 1 saturated heterocycles. The zero-order valence-electron chi connectivity index (χ0n) is 16.5. The van der Waals surface area contributed by atoms with Gasteiger partial charge in [-0.3, -0.25) is 4.99 Å². The van der Waals surface area contributed by atoms with E-state index in [0.717, 1.165) is 57.1 Å². The fourth-order valence-corrected chi connectivity index (χ4v) is 2.87. The van der Waals surface area contributed by atoms with Crippen molar-refractivity contribution >= 4 is 29.9 Å². The molecular weight excluding hydrogens is 457 g/mol. The number of benzene rings is 1. The minimum atomic E-state index is -0.0404. The summed E-state index contributed by atoms with van der Waals surface area (Å²) in [6.07, 6.45) is 3.47. The van der Waals surface area contributed by atoms with E-state index >= 15 is 0 Å². The van der Waals surface area contributed by atoms with Crippen LogP contribution in [-0.2, 0) is 14.2 Å². The van der Waals surface area contributed by atoms with Crippen molar-refractivity contribution in [1.82, 2.24) is 10.6 Å². The van der Waals surface area contributed by atoms with Gasteiger partial charge in [0.1, 0.15) is 6.10 Å². The van der Waals surface area contributed by atoms with Gasteiger partial charge in [0.25, 0.3) is 0 Å². The second kappa shape index (κ2) is 15.1. The molecule has 7 heteroatoms. The first-order valence-corrected chi connectivity index (χ1v) is 9.62. The largest absolute Gasteiger partial charge is 0.379 e. The first kappa shape index (κ1) is 24.1. The number of methoxy groups -OCH3 is 1. The second-order valence-corrected chi connectivity index (χ2v) is 6.34. The standard InChI is InChI=1S/C20H33N3O3.HI/c1-3-21-20(22-12-8-13-25-16-18-11-7-14-26-18)23-15-19(24-2)17-9-5-4-6-10-17;/h4-6,9-10,18-19H,3,7-8,11-16H2,1-2H3,(H2,21,22,23);1H. The third kappa shape index (κ3) is 9.73. The number of hydrogen-bond donors (Lipinski definition) is 2. The molecule has 154 valence electrons. The molecule has 1 aliphatic heterocycles. The highest BCUT2D eigenvalue weighted by Crippen LogP contribution is 2.16. The van der Waals surface area contributed by atoms with Crippen LogP contribution in [0, 0.1) is 0 Å². The molecule has 1 fully saturated rings. The van der Waals surface area contributed by atoms with Crippen molar-refractivity contribution in [2.45, 2.75) is 38.4 Å². The number of nitrogens with zero attached hydrogens (tertiary/aromatic N) is 1. The van der Waals surface area contributed by atoms with E-state index in [4.69, 9.17) is 14.2 Å². The summed E-state index contributed by atoms with van der Waals surface area (Å²) in [5, 5.41) is 6.62. The van der Waals surface area contributed by atoms with Crippen LogP contribution < -0.4 is 10.6 Å². The number of aliphatic imine (C=N–C) groups is 1. The van der Waals surface area contributed by atoms with Crippen LogP contribution in [0.2, 0.25) is 0 Å². The van der Waals surface area contributed by atoms with Gasteiger partial charge in [-0.25, -0.2) is 0 Å². The smallest absolute Gasteiger partial charge is 0.191 e. The van der Waals surface area contributed by atoms with E-state index in [1.165, 1.54) is 0 Å². The van der Waals surface area contributed by atoms with Gasteiger partial charge in [-0.05, 0) is 31.7 Å². The second-order valence-electron chi connectivity index (χ2n) is 6.34. The molecule has 0 aromatic heterocycles. The lowest BCUT2D eigenvalue weighted by molar-refractivity contribution is 0.0168. The minimum absolute atomic E-state index is 0. The zero-order chi connectivity index (χ0) is 18.5. The van der Waals surface area contributed by atoms with Crippen LogP contribution in [0.4, 0.5) is 0 Å². The Kier molecular flexibility index (Phi) is 13.5. The maximum atomic E-state index is 5.69. The number of halogens is 1. The van der Waals surface area contributed by atoms with Gasteiger partial charge in [0.05, 0.1) is 19.3 Å². The molecule has 2 rings (SSSR count).